The third-order valence-electron chi connectivity index (χ3n) is 3.16. The average molecular weight is 343 g/mol. The Morgan fingerprint density at radius 1 is 1.38 bits per heavy atom. The zero-order valence-corrected chi connectivity index (χ0v) is 13.4. The molecule has 24 heavy (non-hydrogen) atoms. The van der Waals surface area contributed by atoms with E-state index in [0.29, 0.717) is 6.42 Å². The van der Waals surface area contributed by atoms with E-state index < -0.39 is 5.78 Å². The van der Waals surface area contributed by atoms with Gasteiger partial charge < -0.3 is 9.84 Å². The van der Waals surface area contributed by atoms with Crippen LogP contribution in [0.5, 0.6) is 5.75 Å². The van der Waals surface area contributed by atoms with Gasteiger partial charge >= 0.3 is 0 Å². The summed E-state index contributed by atoms with van der Waals surface area (Å²) in [6, 6.07) is 7.65. The van der Waals surface area contributed by atoms with Gasteiger partial charge in [-0.1, -0.05) is 12.1 Å². The number of aromatic nitrogens is 5. The molecule has 2 aromatic heterocycles. The van der Waals surface area contributed by atoms with E-state index in [1.165, 1.54) is 11.3 Å². The van der Waals surface area contributed by atoms with Crippen molar-refractivity contribution in [2.45, 2.75) is 6.42 Å². The SMILES string of the molecule is COc1ccc(Cc2nc(C(=O)C=C(O)c3nn[nH]n3)cs2)cc1. The lowest BCUT2D eigenvalue weighted by molar-refractivity contribution is 0.104. The number of nitrogens with zero attached hydrogens (tertiary/aromatic N) is 4. The summed E-state index contributed by atoms with van der Waals surface area (Å²) in [5.41, 5.74) is 1.33. The first-order valence-electron chi connectivity index (χ1n) is 6.92. The molecule has 2 N–H and O–H groups in total. The monoisotopic (exact) mass is 343 g/mol. The summed E-state index contributed by atoms with van der Waals surface area (Å²) in [7, 11) is 1.62. The van der Waals surface area contributed by atoms with Gasteiger partial charge in [0, 0.05) is 17.9 Å². The van der Waals surface area contributed by atoms with Crippen molar-refractivity contribution >= 4 is 22.9 Å². The predicted molar refractivity (Wildman–Crippen MR) is 87.0 cm³/mol. The Hall–Kier alpha value is -3.07. The van der Waals surface area contributed by atoms with Gasteiger partial charge in [-0.3, -0.25) is 4.79 Å². The van der Waals surface area contributed by atoms with Gasteiger partial charge in [-0.25, -0.2) is 4.98 Å². The molecule has 3 rings (SSSR count). The van der Waals surface area contributed by atoms with Crippen LogP contribution in [0.2, 0.25) is 0 Å². The van der Waals surface area contributed by atoms with Gasteiger partial charge in [-0.05, 0) is 22.9 Å². The molecule has 0 atom stereocenters. The maximum Gasteiger partial charge on any atom is 0.239 e. The third kappa shape index (κ3) is 3.63. The second-order valence-corrected chi connectivity index (χ2v) is 5.72. The number of tetrazole rings is 1. The van der Waals surface area contributed by atoms with Crippen molar-refractivity contribution in [2.24, 2.45) is 0 Å². The number of H-pyrrole nitrogens is 1. The first-order chi connectivity index (χ1) is 11.7. The zero-order valence-electron chi connectivity index (χ0n) is 12.6. The molecule has 0 aliphatic rings. The maximum atomic E-state index is 12.1. The molecule has 9 heteroatoms. The highest BCUT2D eigenvalue weighted by Gasteiger charge is 2.13. The van der Waals surface area contributed by atoms with Gasteiger partial charge in [-0.15, -0.1) is 21.5 Å². The Morgan fingerprint density at radius 2 is 2.17 bits per heavy atom. The van der Waals surface area contributed by atoms with Crippen molar-refractivity contribution in [1.29, 1.82) is 0 Å². The smallest absolute Gasteiger partial charge is 0.239 e. The second-order valence-electron chi connectivity index (χ2n) is 4.78. The molecule has 3 aromatic rings. The van der Waals surface area contributed by atoms with Crippen LogP contribution in [-0.4, -0.2) is 43.6 Å². The first kappa shape index (κ1) is 15.8. The van der Waals surface area contributed by atoms with Crippen LogP contribution in [0.15, 0.2) is 35.7 Å². The van der Waals surface area contributed by atoms with Gasteiger partial charge in [0.15, 0.2) is 5.76 Å². The molecule has 0 bridgehead atoms. The molecule has 0 spiro atoms. The van der Waals surface area contributed by atoms with Crippen molar-refractivity contribution in [3.63, 3.8) is 0 Å². The lowest BCUT2D eigenvalue weighted by atomic mass is 10.1. The average Bonchev–Trinajstić information content (AvgIpc) is 3.27. The third-order valence-corrected chi connectivity index (χ3v) is 4.01. The number of allylic oxidation sites excluding steroid dienone is 1. The molecule has 0 aliphatic heterocycles. The number of thiazole rings is 1. The summed E-state index contributed by atoms with van der Waals surface area (Å²) < 4.78 is 5.12. The van der Waals surface area contributed by atoms with E-state index in [0.717, 1.165) is 22.4 Å². The van der Waals surface area contributed by atoms with Crippen LogP contribution in [0.25, 0.3) is 5.76 Å². The van der Waals surface area contributed by atoms with Crippen molar-refractivity contribution in [1.82, 2.24) is 25.6 Å². The maximum absolute atomic E-state index is 12.1. The van der Waals surface area contributed by atoms with Crippen LogP contribution in [0.4, 0.5) is 0 Å². The molecule has 8 nitrogen and oxygen atoms in total. The number of ether oxygens (including phenoxy) is 1. The van der Waals surface area contributed by atoms with E-state index in [1.807, 2.05) is 24.3 Å². The minimum Gasteiger partial charge on any atom is -0.504 e. The molecule has 0 aliphatic carbocycles. The number of benzene rings is 1. The van der Waals surface area contributed by atoms with E-state index in [2.05, 4.69) is 25.6 Å². The van der Waals surface area contributed by atoms with E-state index in [-0.39, 0.29) is 17.3 Å². The van der Waals surface area contributed by atoms with E-state index in [4.69, 9.17) is 4.74 Å². The largest absolute Gasteiger partial charge is 0.504 e. The number of nitrogens with one attached hydrogen (secondary N) is 1. The van der Waals surface area contributed by atoms with Crippen molar-refractivity contribution < 1.29 is 14.6 Å². The molecule has 0 fully saturated rings. The van der Waals surface area contributed by atoms with Crippen LogP contribution in [0.1, 0.15) is 26.9 Å². The first-order valence-corrected chi connectivity index (χ1v) is 7.80. The van der Waals surface area contributed by atoms with Gasteiger partial charge in [0.05, 0.1) is 12.1 Å². The van der Waals surface area contributed by atoms with E-state index in [9.17, 15) is 9.90 Å². The fourth-order valence-electron chi connectivity index (χ4n) is 1.96. The Labute approximate surface area is 140 Å². The van der Waals surface area contributed by atoms with Crippen LogP contribution in [0, 0.1) is 0 Å². The number of rotatable bonds is 6. The summed E-state index contributed by atoms with van der Waals surface area (Å²) in [5, 5.41) is 24.9. The predicted octanol–water partition coefficient (Wildman–Crippen LogP) is 2.04. The van der Waals surface area contributed by atoms with Gasteiger partial charge in [0.25, 0.3) is 0 Å². The minimum atomic E-state index is -0.422. The molecular formula is C15H13N5O3S. The number of methoxy groups -OCH3 is 1. The topological polar surface area (TPSA) is 114 Å². The lowest BCUT2D eigenvalue weighted by Crippen LogP contribution is -1.99. The highest BCUT2D eigenvalue weighted by molar-refractivity contribution is 7.09. The highest BCUT2D eigenvalue weighted by atomic mass is 32.1. The molecule has 1 aromatic carbocycles. The Balaban J connectivity index is 1.70. The Morgan fingerprint density at radius 3 is 2.83 bits per heavy atom. The fraction of sp³-hybridized carbons (Fsp3) is 0.133. The molecule has 0 saturated heterocycles. The summed E-state index contributed by atoms with van der Waals surface area (Å²) in [6.07, 6.45) is 1.64. The molecule has 0 radical (unpaired) electrons. The molecule has 0 amide bonds. The van der Waals surface area contributed by atoms with Gasteiger partial charge in [-0.2, -0.15) is 5.21 Å². The number of aromatic amines is 1. The van der Waals surface area contributed by atoms with Gasteiger partial charge in [0.1, 0.15) is 11.4 Å². The molecular weight excluding hydrogens is 330 g/mol. The van der Waals surface area contributed by atoms with Crippen molar-refractivity contribution in [3.05, 3.63) is 57.8 Å². The summed E-state index contributed by atoms with van der Waals surface area (Å²) >= 11 is 1.38. The summed E-state index contributed by atoms with van der Waals surface area (Å²) in [6.45, 7) is 0. The van der Waals surface area contributed by atoms with Crippen LogP contribution < -0.4 is 4.74 Å². The number of aliphatic hydroxyl groups is 1. The zero-order chi connectivity index (χ0) is 16.9. The van der Waals surface area contributed by atoms with Crippen LogP contribution in [-0.2, 0) is 6.42 Å². The number of ketones is 1. The molecule has 0 saturated carbocycles. The van der Waals surface area contributed by atoms with Crippen LogP contribution in [0.3, 0.4) is 0 Å². The minimum absolute atomic E-state index is 0.0444. The van der Waals surface area contributed by atoms with Gasteiger partial charge in [0.2, 0.25) is 11.6 Å². The normalized spacial score (nSPS) is 11.5. The fourth-order valence-corrected chi connectivity index (χ4v) is 2.77. The lowest BCUT2D eigenvalue weighted by Gasteiger charge is -2.01. The van der Waals surface area contributed by atoms with Crippen LogP contribution >= 0.6 is 11.3 Å². The summed E-state index contributed by atoms with van der Waals surface area (Å²) in [5.74, 6) is -0.0409. The number of aliphatic hydroxyl groups excluding tert-OH is 1. The van der Waals surface area contributed by atoms with Crippen molar-refractivity contribution in [3.8, 4) is 5.75 Å². The standard InChI is InChI=1S/C15H13N5O3S/c1-23-10-4-2-9(3-5-10)6-14-16-11(8-24-14)12(21)7-13(22)15-17-19-20-18-15/h2-5,7-8,22H,6H2,1H3,(H,17,18,19,20). The van der Waals surface area contributed by atoms with Crippen molar-refractivity contribution in [2.75, 3.05) is 7.11 Å². The second kappa shape index (κ2) is 7.01. The Kier molecular flexibility index (Phi) is 4.62. The summed E-state index contributed by atoms with van der Waals surface area (Å²) in [4.78, 5) is 16.4. The number of hydrogen-bond donors (Lipinski definition) is 2. The van der Waals surface area contributed by atoms with E-state index in [1.54, 1.807) is 12.5 Å². The molecule has 122 valence electrons. The number of hydrogen-bond acceptors (Lipinski definition) is 8. The van der Waals surface area contributed by atoms with E-state index >= 15 is 0 Å². The quantitative estimate of drug-likeness (QED) is 0.400. The molecule has 0 unspecified atom stereocenters. The molecule has 2 heterocycles. The number of carbonyl (C=O) groups excluding carboxylic acids is 1. The number of carbonyl (C=O) groups is 1. The highest BCUT2D eigenvalue weighted by Crippen LogP contribution is 2.18. The Bertz CT molecular complexity index is 856.